The molecule has 106 valence electrons. The highest BCUT2D eigenvalue weighted by molar-refractivity contribution is 7.18. The van der Waals surface area contributed by atoms with Crippen LogP contribution in [0.1, 0.15) is 9.67 Å². The number of carbonyl (C=O) groups is 2. The summed E-state index contributed by atoms with van der Waals surface area (Å²) in [5.41, 5.74) is 5.22. The summed E-state index contributed by atoms with van der Waals surface area (Å²) in [6.45, 7) is 0.121. The molecule has 0 spiro atoms. The third-order valence-corrected chi connectivity index (χ3v) is 2.82. The maximum Gasteiger partial charge on any atom is 0.455 e. The van der Waals surface area contributed by atoms with Crippen LogP contribution in [0, 0.1) is 0 Å². The molecule has 0 unspecified atom stereocenters. The topological polar surface area (TPSA) is 117 Å². The Hall–Kier alpha value is -2.04. The number of nitrogens with one attached hydrogen (secondary N) is 2. The second kappa shape index (κ2) is 5.73. The van der Waals surface area contributed by atoms with Crippen LogP contribution in [0.15, 0.2) is 0 Å². The van der Waals surface area contributed by atoms with Gasteiger partial charge in [0, 0.05) is 13.1 Å². The number of Topliss-reactive ketones (excluding diaryl/α,β-unsaturated/α-hetero) is 1. The zero-order valence-electron chi connectivity index (χ0n) is 9.24. The molecule has 19 heavy (non-hydrogen) atoms. The van der Waals surface area contributed by atoms with E-state index in [1.54, 1.807) is 0 Å². The minimum Gasteiger partial charge on any atom is -0.465 e. The zero-order valence-corrected chi connectivity index (χ0v) is 10.1. The van der Waals surface area contributed by atoms with Gasteiger partial charge in [-0.25, -0.2) is 9.78 Å². The quantitative estimate of drug-likeness (QED) is 0.478. The van der Waals surface area contributed by atoms with Gasteiger partial charge in [0.05, 0.1) is 0 Å². The Labute approximate surface area is 108 Å². The van der Waals surface area contributed by atoms with E-state index in [0.29, 0.717) is 11.3 Å². The predicted octanol–water partition coefficient (Wildman–Crippen LogP) is 1.15. The molecule has 1 heterocycles. The summed E-state index contributed by atoms with van der Waals surface area (Å²) in [5.74, 6) is -2.57. The maximum absolute atomic E-state index is 12.2. The van der Waals surface area contributed by atoms with Crippen LogP contribution in [0.3, 0.4) is 0 Å². The zero-order chi connectivity index (χ0) is 14.6. The summed E-state index contributed by atoms with van der Waals surface area (Å²) < 4.78 is 36.6. The predicted molar refractivity (Wildman–Crippen MR) is 61.4 cm³/mol. The van der Waals surface area contributed by atoms with Gasteiger partial charge in [0.2, 0.25) is 0 Å². The smallest absolute Gasteiger partial charge is 0.455 e. The number of nitrogen functional groups attached to an aromatic ring is 1. The van der Waals surface area contributed by atoms with E-state index in [1.165, 1.54) is 0 Å². The van der Waals surface area contributed by atoms with Crippen molar-refractivity contribution in [3.63, 3.8) is 0 Å². The van der Waals surface area contributed by atoms with Gasteiger partial charge in [-0.2, -0.15) is 13.2 Å². The van der Waals surface area contributed by atoms with E-state index < -0.39 is 28.7 Å². The van der Waals surface area contributed by atoms with Crippen molar-refractivity contribution in [3.05, 3.63) is 4.88 Å². The standard InChI is InChI=1S/C8H9F3N4O3S/c9-8(10,11)4(16)3-5(12)15-6(19-3)13-1-2-14-7(17)18/h14H,1-2,12H2,(H,13,15)(H,17,18). The molecular formula is C8H9F3N4O3S. The minimum absolute atomic E-state index is 0.0114. The first kappa shape index (κ1) is 15.0. The van der Waals surface area contributed by atoms with E-state index in [1.807, 2.05) is 5.32 Å². The summed E-state index contributed by atoms with van der Waals surface area (Å²) in [4.78, 5) is 24.0. The molecule has 0 aliphatic heterocycles. The van der Waals surface area contributed by atoms with Crippen LogP contribution in [0.5, 0.6) is 0 Å². The second-order valence-electron chi connectivity index (χ2n) is 3.22. The first-order valence-electron chi connectivity index (χ1n) is 4.80. The molecule has 7 nitrogen and oxygen atoms in total. The van der Waals surface area contributed by atoms with E-state index in [0.717, 1.165) is 0 Å². The molecule has 0 aromatic carbocycles. The molecule has 0 saturated heterocycles. The van der Waals surface area contributed by atoms with Crippen molar-refractivity contribution < 1.29 is 27.9 Å². The molecule has 0 fully saturated rings. The van der Waals surface area contributed by atoms with E-state index >= 15 is 0 Å². The molecule has 0 saturated carbocycles. The van der Waals surface area contributed by atoms with Crippen LogP contribution in [0.25, 0.3) is 0 Å². The van der Waals surface area contributed by atoms with E-state index in [9.17, 15) is 22.8 Å². The normalized spacial score (nSPS) is 11.1. The molecule has 0 bridgehead atoms. The summed E-state index contributed by atoms with van der Waals surface area (Å²) in [5, 5.41) is 12.9. The number of nitrogens with two attached hydrogens (primary N) is 1. The SMILES string of the molecule is Nc1nc(NCCNC(=O)O)sc1C(=O)C(F)(F)F. The molecule has 1 amide bonds. The van der Waals surface area contributed by atoms with Crippen LogP contribution < -0.4 is 16.4 Å². The number of carboxylic acid groups (broad SMARTS) is 1. The summed E-state index contributed by atoms with van der Waals surface area (Å²) >= 11 is 0.461. The second-order valence-corrected chi connectivity index (χ2v) is 4.22. The first-order chi connectivity index (χ1) is 8.71. The fourth-order valence-corrected chi connectivity index (χ4v) is 1.91. The lowest BCUT2D eigenvalue weighted by Gasteiger charge is -2.02. The number of anilines is 2. The molecular weight excluding hydrogens is 289 g/mol. The maximum atomic E-state index is 12.2. The molecule has 1 aromatic rings. The Kier molecular flexibility index (Phi) is 4.53. The highest BCUT2D eigenvalue weighted by Crippen LogP contribution is 2.31. The molecule has 1 aromatic heterocycles. The van der Waals surface area contributed by atoms with Crippen molar-refractivity contribution in [1.82, 2.24) is 10.3 Å². The summed E-state index contributed by atoms with van der Waals surface area (Å²) in [7, 11) is 0. The lowest BCUT2D eigenvalue weighted by atomic mass is 10.3. The van der Waals surface area contributed by atoms with Crippen LogP contribution in [0.4, 0.5) is 28.9 Å². The highest BCUT2D eigenvalue weighted by Gasteiger charge is 2.41. The van der Waals surface area contributed by atoms with Gasteiger partial charge in [-0.15, -0.1) is 0 Å². The average molecular weight is 298 g/mol. The number of alkyl halides is 3. The number of halogens is 3. The number of rotatable bonds is 5. The fourth-order valence-electron chi connectivity index (χ4n) is 1.04. The average Bonchev–Trinajstić information content (AvgIpc) is 2.63. The van der Waals surface area contributed by atoms with Crippen molar-refractivity contribution in [3.8, 4) is 0 Å². The van der Waals surface area contributed by atoms with Gasteiger partial charge >= 0.3 is 12.3 Å². The molecule has 1 rings (SSSR count). The van der Waals surface area contributed by atoms with Gasteiger partial charge in [-0.3, -0.25) is 4.79 Å². The van der Waals surface area contributed by atoms with Crippen molar-refractivity contribution >= 4 is 34.2 Å². The lowest BCUT2D eigenvalue weighted by Crippen LogP contribution is -2.26. The molecule has 0 aliphatic rings. The van der Waals surface area contributed by atoms with Crippen molar-refractivity contribution in [2.75, 3.05) is 24.1 Å². The number of thiazole rings is 1. The van der Waals surface area contributed by atoms with Crippen LogP contribution in [0.2, 0.25) is 0 Å². The summed E-state index contributed by atoms with van der Waals surface area (Å²) in [6, 6.07) is 0. The van der Waals surface area contributed by atoms with Gasteiger partial charge in [-0.1, -0.05) is 11.3 Å². The van der Waals surface area contributed by atoms with Gasteiger partial charge in [0.15, 0.2) is 5.13 Å². The van der Waals surface area contributed by atoms with Crippen LogP contribution >= 0.6 is 11.3 Å². The summed E-state index contributed by atoms with van der Waals surface area (Å²) in [6.07, 6.45) is -6.24. The van der Waals surface area contributed by atoms with Gasteiger partial charge in [0.1, 0.15) is 10.7 Å². The number of aromatic nitrogens is 1. The van der Waals surface area contributed by atoms with Crippen LogP contribution in [-0.4, -0.2) is 41.2 Å². The third-order valence-electron chi connectivity index (χ3n) is 1.79. The van der Waals surface area contributed by atoms with Crippen LogP contribution in [-0.2, 0) is 0 Å². The number of carbonyl (C=O) groups excluding carboxylic acids is 1. The Morgan fingerprint density at radius 1 is 1.37 bits per heavy atom. The Bertz CT molecular complexity index is 488. The highest BCUT2D eigenvalue weighted by atomic mass is 32.1. The lowest BCUT2D eigenvalue weighted by molar-refractivity contribution is -0.0882. The number of ketones is 1. The van der Waals surface area contributed by atoms with Crippen molar-refractivity contribution in [1.29, 1.82) is 0 Å². The monoisotopic (exact) mass is 298 g/mol. The fraction of sp³-hybridized carbons (Fsp3) is 0.375. The molecule has 5 N–H and O–H groups in total. The Morgan fingerprint density at radius 3 is 2.53 bits per heavy atom. The number of amides is 1. The number of hydrogen-bond donors (Lipinski definition) is 4. The van der Waals surface area contributed by atoms with Gasteiger partial charge < -0.3 is 21.5 Å². The molecule has 11 heteroatoms. The first-order valence-corrected chi connectivity index (χ1v) is 5.62. The Balaban J connectivity index is 2.64. The van der Waals surface area contributed by atoms with Crippen molar-refractivity contribution in [2.24, 2.45) is 0 Å². The number of hydrogen-bond acceptors (Lipinski definition) is 6. The molecule has 0 radical (unpaired) electrons. The van der Waals surface area contributed by atoms with E-state index in [2.05, 4.69) is 10.3 Å². The number of nitrogens with zero attached hydrogens (tertiary/aromatic N) is 1. The van der Waals surface area contributed by atoms with E-state index in [-0.39, 0.29) is 18.2 Å². The van der Waals surface area contributed by atoms with Gasteiger partial charge in [-0.05, 0) is 0 Å². The molecule has 0 atom stereocenters. The van der Waals surface area contributed by atoms with Gasteiger partial charge in [0.25, 0.3) is 5.78 Å². The third kappa shape index (κ3) is 4.28. The van der Waals surface area contributed by atoms with E-state index in [4.69, 9.17) is 10.8 Å². The molecule has 0 aliphatic carbocycles. The minimum atomic E-state index is -5.01. The Morgan fingerprint density at radius 2 is 2.00 bits per heavy atom. The van der Waals surface area contributed by atoms with Crippen molar-refractivity contribution in [2.45, 2.75) is 6.18 Å². The largest absolute Gasteiger partial charge is 0.465 e.